The van der Waals surface area contributed by atoms with Crippen LogP contribution in [0.25, 0.3) is 16.6 Å². The zero-order valence-corrected chi connectivity index (χ0v) is 17.1. The molecule has 4 aromatic rings. The number of carbonyl (C=O) groups is 2. The van der Waals surface area contributed by atoms with Crippen LogP contribution in [0, 0.1) is 5.82 Å². The quantitative estimate of drug-likeness (QED) is 0.381. The minimum Gasteiger partial charge on any atom is -0.478 e. The highest BCUT2D eigenvalue weighted by Crippen LogP contribution is 2.44. The first-order chi connectivity index (χ1) is 15.0. The predicted molar refractivity (Wildman–Crippen MR) is 117 cm³/mol. The zero-order valence-electron chi connectivity index (χ0n) is 16.3. The van der Waals surface area contributed by atoms with Crippen LogP contribution < -0.4 is 0 Å². The normalized spacial score (nSPS) is 13.5. The molecule has 5 rings (SSSR count). The monoisotopic (exact) mass is 433 g/mol. The fourth-order valence-corrected chi connectivity index (χ4v) is 4.32. The summed E-state index contributed by atoms with van der Waals surface area (Å²) in [5.74, 6) is -1.74. The van der Waals surface area contributed by atoms with Crippen LogP contribution in [0.5, 0.6) is 0 Å². The average Bonchev–Trinajstić information content (AvgIpc) is 3.54. The van der Waals surface area contributed by atoms with E-state index in [1.165, 1.54) is 12.1 Å². The van der Waals surface area contributed by atoms with Crippen LogP contribution in [0.15, 0.2) is 66.9 Å². The number of halogens is 2. The van der Waals surface area contributed by atoms with E-state index in [0.29, 0.717) is 33.3 Å². The van der Waals surface area contributed by atoms with E-state index in [4.69, 9.17) is 16.7 Å². The number of hydrogen-bond acceptors (Lipinski definition) is 2. The molecule has 0 amide bonds. The van der Waals surface area contributed by atoms with E-state index in [2.05, 4.69) is 0 Å². The predicted octanol–water partition coefficient (Wildman–Crippen LogP) is 6.21. The van der Waals surface area contributed by atoms with E-state index in [9.17, 15) is 14.0 Å². The maximum atomic E-state index is 14.8. The van der Waals surface area contributed by atoms with Gasteiger partial charge in [0.05, 0.1) is 21.8 Å². The van der Waals surface area contributed by atoms with Gasteiger partial charge >= 0.3 is 5.97 Å². The maximum absolute atomic E-state index is 14.8. The molecule has 0 spiro atoms. The molecule has 1 fully saturated rings. The van der Waals surface area contributed by atoms with Gasteiger partial charge in [-0.25, -0.2) is 9.18 Å². The van der Waals surface area contributed by atoms with Gasteiger partial charge in [-0.2, -0.15) is 0 Å². The first kappa shape index (κ1) is 19.5. The molecule has 0 saturated heterocycles. The number of aromatic nitrogens is 1. The number of carboxylic acid groups (broad SMARTS) is 1. The Morgan fingerprint density at radius 2 is 1.81 bits per heavy atom. The lowest BCUT2D eigenvalue weighted by molar-refractivity contribution is 0.0696. The van der Waals surface area contributed by atoms with Crippen LogP contribution >= 0.6 is 11.6 Å². The number of carbonyl (C=O) groups excluding carboxylic acids is 1. The third kappa shape index (κ3) is 3.31. The molecule has 1 aliphatic carbocycles. The summed E-state index contributed by atoms with van der Waals surface area (Å²) in [4.78, 5) is 24.8. The molecule has 1 aliphatic rings. The molecule has 0 aliphatic heterocycles. The fourth-order valence-electron chi connectivity index (χ4n) is 4.05. The Labute approximate surface area is 182 Å². The van der Waals surface area contributed by atoms with E-state index < -0.39 is 11.8 Å². The summed E-state index contributed by atoms with van der Waals surface area (Å²) in [5.41, 5.74) is 3.07. The number of hydrogen-bond donors (Lipinski definition) is 1. The Hall–Kier alpha value is -3.44. The van der Waals surface area contributed by atoms with Gasteiger partial charge in [0.2, 0.25) is 5.78 Å². The molecule has 0 radical (unpaired) electrons. The van der Waals surface area contributed by atoms with Crippen LogP contribution in [-0.2, 0) is 0 Å². The lowest BCUT2D eigenvalue weighted by atomic mass is 9.97. The number of rotatable bonds is 5. The second kappa shape index (κ2) is 7.36. The molecule has 1 N–H and O–H groups in total. The summed E-state index contributed by atoms with van der Waals surface area (Å²) in [6.07, 6.45) is 3.81. The Morgan fingerprint density at radius 3 is 2.52 bits per heavy atom. The molecule has 0 unspecified atom stereocenters. The molecule has 2 aromatic heterocycles. The van der Waals surface area contributed by atoms with E-state index in [0.717, 1.165) is 24.5 Å². The van der Waals surface area contributed by atoms with Crippen LogP contribution in [0.1, 0.15) is 50.7 Å². The van der Waals surface area contributed by atoms with Crippen molar-refractivity contribution in [3.05, 3.63) is 100 Å². The first-order valence-electron chi connectivity index (χ1n) is 9.92. The van der Waals surface area contributed by atoms with E-state index in [-0.39, 0.29) is 16.9 Å². The summed E-state index contributed by atoms with van der Waals surface area (Å²) in [6.45, 7) is 0. The number of pyridine rings is 1. The van der Waals surface area contributed by atoms with Gasteiger partial charge < -0.3 is 9.51 Å². The van der Waals surface area contributed by atoms with Crippen molar-refractivity contribution in [1.82, 2.24) is 4.40 Å². The highest BCUT2D eigenvalue weighted by atomic mass is 35.5. The standard InChI is InChI=1S/C25H17ClFNO3/c26-19-5-3-4-16(14-7-8-14)23(19)24(29)22-13-18(21-6-1-2-11-28(21)22)17-10-9-15(25(30)31)12-20(17)27/h1-6,9-14H,7-8H2,(H,30,31). The number of fused-ring (bicyclic) bond motifs is 1. The molecule has 154 valence electrons. The van der Waals surface area contributed by atoms with Crippen molar-refractivity contribution in [1.29, 1.82) is 0 Å². The SMILES string of the molecule is O=C(O)c1ccc(-c2cc(C(=O)c3c(Cl)cccc3C3CC3)n3ccccc23)c(F)c1. The second-order valence-electron chi connectivity index (χ2n) is 7.71. The Morgan fingerprint density at radius 1 is 1.00 bits per heavy atom. The van der Waals surface area contributed by atoms with Crippen molar-refractivity contribution in [2.75, 3.05) is 0 Å². The van der Waals surface area contributed by atoms with Crippen molar-refractivity contribution < 1.29 is 19.1 Å². The lowest BCUT2D eigenvalue weighted by Gasteiger charge is -2.10. The summed E-state index contributed by atoms with van der Waals surface area (Å²) < 4.78 is 16.5. The summed E-state index contributed by atoms with van der Waals surface area (Å²) in [5, 5.41) is 9.52. The topological polar surface area (TPSA) is 58.8 Å². The summed E-state index contributed by atoms with van der Waals surface area (Å²) in [7, 11) is 0. The first-order valence-corrected chi connectivity index (χ1v) is 10.3. The van der Waals surface area contributed by atoms with Gasteiger partial charge in [0.25, 0.3) is 0 Å². The van der Waals surface area contributed by atoms with Gasteiger partial charge in [-0.3, -0.25) is 4.79 Å². The molecule has 2 heterocycles. The Bertz CT molecular complexity index is 1370. The largest absolute Gasteiger partial charge is 0.478 e. The van der Waals surface area contributed by atoms with Gasteiger partial charge in [0.1, 0.15) is 5.82 Å². The van der Waals surface area contributed by atoms with E-state index in [1.54, 1.807) is 34.9 Å². The van der Waals surface area contributed by atoms with Crippen molar-refractivity contribution in [3.8, 4) is 11.1 Å². The van der Waals surface area contributed by atoms with Crippen LogP contribution in [0.2, 0.25) is 5.02 Å². The number of aromatic carboxylic acids is 1. The highest BCUT2D eigenvalue weighted by molar-refractivity contribution is 6.35. The smallest absolute Gasteiger partial charge is 0.335 e. The Balaban J connectivity index is 1.70. The number of nitrogens with zero attached hydrogens (tertiary/aromatic N) is 1. The summed E-state index contributed by atoms with van der Waals surface area (Å²) >= 11 is 6.45. The van der Waals surface area contributed by atoms with Crippen molar-refractivity contribution >= 4 is 28.9 Å². The van der Waals surface area contributed by atoms with Gasteiger partial charge in [-0.05, 0) is 60.7 Å². The van der Waals surface area contributed by atoms with Gasteiger partial charge in [0, 0.05) is 22.9 Å². The highest BCUT2D eigenvalue weighted by Gasteiger charge is 2.31. The molecule has 0 atom stereocenters. The molecule has 2 aromatic carbocycles. The lowest BCUT2D eigenvalue weighted by Crippen LogP contribution is -2.08. The maximum Gasteiger partial charge on any atom is 0.335 e. The van der Waals surface area contributed by atoms with E-state index in [1.807, 2.05) is 18.2 Å². The molecular weight excluding hydrogens is 417 g/mol. The number of ketones is 1. The van der Waals surface area contributed by atoms with Gasteiger partial charge in [-0.1, -0.05) is 35.9 Å². The third-order valence-electron chi connectivity index (χ3n) is 5.71. The molecule has 6 heteroatoms. The van der Waals surface area contributed by atoms with Crippen molar-refractivity contribution in [3.63, 3.8) is 0 Å². The van der Waals surface area contributed by atoms with Crippen LogP contribution in [-0.4, -0.2) is 21.3 Å². The fraction of sp³-hybridized carbons (Fsp3) is 0.120. The Kier molecular flexibility index (Phi) is 4.63. The number of carboxylic acids is 1. The minimum atomic E-state index is -1.20. The van der Waals surface area contributed by atoms with Crippen LogP contribution in [0.3, 0.4) is 0 Å². The van der Waals surface area contributed by atoms with Gasteiger partial charge in [0.15, 0.2) is 0 Å². The van der Waals surface area contributed by atoms with E-state index >= 15 is 0 Å². The van der Waals surface area contributed by atoms with Gasteiger partial charge in [-0.15, -0.1) is 0 Å². The molecule has 31 heavy (non-hydrogen) atoms. The third-order valence-corrected chi connectivity index (χ3v) is 6.02. The molecular formula is C25H17ClFNO3. The molecule has 0 bridgehead atoms. The zero-order chi connectivity index (χ0) is 21.7. The van der Waals surface area contributed by atoms with Crippen LogP contribution in [0.4, 0.5) is 4.39 Å². The average molecular weight is 434 g/mol. The summed E-state index contributed by atoms with van der Waals surface area (Å²) in [6, 6.07) is 16.3. The van der Waals surface area contributed by atoms with Crippen molar-refractivity contribution in [2.45, 2.75) is 18.8 Å². The molecule has 4 nitrogen and oxygen atoms in total. The molecule has 1 saturated carbocycles. The second-order valence-corrected chi connectivity index (χ2v) is 8.11. The van der Waals surface area contributed by atoms with Crippen molar-refractivity contribution in [2.24, 2.45) is 0 Å². The minimum absolute atomic E-state index is 0.133. The number of benzene rings is 2.